The fourth-order valence-corrected chi connectivity index (χ4v) is 1.87. The summed E-state index contributed by atoms with van der Waals surface area (Å²) in [6.45, 7) is 2.98. The third kappa shape index (κ3) is 2.27. The van der Waals surface area contributed by atoms with Gasteiger partial charge in [-0.2, -0.15) is 0 Å². The third-order valence-electron chi connectivity index (χ3n) is 3.14. The summed E-state index contributed by atoms with van der Waals surface area (Å²) in [7, 11) is 1.79. The number of carbonyl (C=O) groups is 2. The maximum atomic E-state index is 11.9. The Labute approximate surface area is 106 Å². The first-order chi connectivity index (χ1) is 8.65. The predicted molar refractivity (Wildman–Crippen MR) is 70.6 cm³/mol. The molecule has 0 bridgehead atoms. The molecule has 0 aliphatic rings. The summed E-state index contributed by atoms with van der Waals surface area (Å²) in [5.74, 6) is 0.0782. The molecule has 1 aromatic heterocycles. The minimum Gasteiger partial charge on any atom is -0.344 e. The average molecular weight is 244 g/mol. The highest BCUT2D eigenvalue weighted by Crippen LogP contribution is 2.17. The molecule has 0 spiro atoms. The Morgan fingerprint density at radius 1 is 1.39 bits per heavy atom. The van der Waals surface area contributed by atoms with Crippen LogP contribution in [0.1, 0.15) is 17.3 Å². The first-order valence-corrected chi connectivity index (χ1v) is 5.93. The summed E-state index contributed by atoms with van der Waals surface area (Å²) < 4.78 is 1.90. The van der Waals surface area contributed by atoms with E-state index in [0.717, 1.165) is 17.2 Å². The number of fused-ring (bicyclic) bond motifs is 1. The van der Waals surface area contributed by atoms with Crippen molar-refractivity contribution in [2.45, 2.75) is 13.5 Å². The molecular weight excluding hydrogens is 228 g/mol. The van der Waals surface area contributed by atoms with Gasteiger partial charge in [-0.1, -0.05) is 0 Å². The number of hydrogen-bond donors (Lipinski definition) is 0. The Morgan fingerprint density at radius 2 is 2.17 bits per heavy atom. The number of carbonyl (C=O) groups excluding carboxylic acids is 2. The molecule has 18 heavy (non-hydrogen) atoms. The lowest BCUT2D eigenvalue weighted by atomic mass is 10.2. The predicted octanol–water partition coefficient (Wildman–Crippen LogP) is 1.93. The minimum absolute atomic E-state index is 0.0782. The molecule has 1 aromatic carbocycles. The maximum absolute atomic E-state index is 11.9. The van der Waals surface area contributed by atoms with Crippen LogP contribution in [0.4, 0.5) is 0 Å². The van der Waals surface area contributed by atoms with E-state index in [4.69, 9.17) is 0 Å². The molecule has 94 valence electrons. The van der Waals surface area contributed by atoms with E-state index in [0.29, 0.717) is 18.7 Å². The maximum Gasteiger partial charge on any atom is 0.242 e. The van der Waals surface area contributed by atoms with Gasteiger partial charge >= 0.3 is 0 Å². The Bertz CT molecular complexity index is 586. The van der Waals surface area contributed by atoms with Crippen LogP contribution >= 0.6 is 0 Å². The quantitative estimate of drug-likeness (QED) is 0.771. The van der Waals surface area contributed by atoms with Crippen molar-refractivity contribution in [2.75, 3.05) is 13.6 Å². The van der Waals surface area contributed by atoms with E-state index in [-0.39, 0.29) is 5.91 Å². The Morgan fingerprint density at radius 3 is 2.83 bits per heavy atom. The van der Waals surface area contributed by atoms with E-state index in [2.05, 4.69) is 0 Å². The Balaban J connectivity index is 2.30. The van der Waals surface area contributed by atoms with Gasteiger partial charge in [0.2, 0.25) is 5.91 Å². The number of benzene rings is 1. The molecule has 2 rings (SSSR count). The van der Waals surface area contributed by atoms with Gasteiger partial charge in [0.25, 0.3) is 0 Å². The van der Waals surface area contributed by atoms with Gasteiger partial charge in [0.05, 0.1) is 0 Å². The van der Waals surface area contributed by atoms with Crippen molar-refractivity contribution in [3.8, 4) is 0 Å². The van der Waals surface area contributed by atoms with Gasteiger partial charge < -0.3 is 9.47 Å². The van der Waals surface area contributed by atoms with Crippen LogP contribution in [0, 0.1) is 0 Å². The molecule has 0 saturated heterocycles. The molecule has 4 heteroatoms. The monoisotopic (exact) mass is 244 g/mol. The largest absolute Gasteiger partial charge is 0.344 e. The number of amides is 1. The summed E-state index contributed by atoms with van der Waals surface area (Å²) in [6, 6.07) is 7.38. The van der Waals surface area contributed by atoms with Crippen molar-refractivity contribution < 1.29 is 9.59 Å². The van der Waals surface area contributed by atoms with Gasteiger partial charge in [-0.3, -0.25) is 9.59 Å². The molecule has 1 heterocycles. The zero-order chi connectivity index (χ0) is 13.1. The molecule has 0 fully saturated rings. The van der Waals surface area contributed by atoms with Crippen molar-refractivity contribution in [1.82, 2.24) is 9.47 Å². The van der Waals surface area contributed by atoms with Gasteiger partial charge in [0.15, 0.2) is 0 Å². The molecule has 0 N–H and O–H groups in total. The molecule has 2 aromatic rings. The smallest absolute Gasteiger partial charge is 0.242 e. The van der Waals surface area contributed by atoms with Crippen LogP contribution in [0.3, 0.4) is 0 Å². The van der Waals surface area contributed by atoms with E-state index in [1.165, 1.54) is 0 Å². The van der Waals surface area contributed by atoms with Crippen molar-refractivity contribution in [2.24, 2.45) is 0 Å². The summed E-state index contributed by atoms with van der Waals surface area (Å²) in [5, 5.41) is 0.978. The van der Waals surface area contributed by atoms with Crippen LogP contribution in [0.5, 0.6) is 0 Å². The lowest BCUT2D eigenvalue weighted by molar-refractivity contribution is -0.130. The SMILES string of the molecule is CCN(C)C(=O)Cn1ccc2cc(C=O)ccc21. The Hall–Kier alpha value is -2.10. The van der Waals surface area contributed by atoms with Crippen molar-refractivity contribution in [3.63, 3.8) is 0 Å². The first-order valence-electron chi connectivity index (χ1n) is 5.93. The zero-order valence-electron chi connectivity index (χ0n) is 10.6. The first kappa shape index (κ1) is 12.4. The van der Waals surface area contributed by atoms with E-state index in [1.54, 1.807) is 18.0 Å². The van der Waals surface area contributed by atoms with Crippen LogP contribution in [0.2, 0.25) is 0 Å². The Kier molecular flexibility index (Phi) is 3.46. The van der Waals surface area contributed by atoms with Crippen molar-refractivity contribution in [3.05, 3.63) is 36.0 Å². The second-order valence-corrected chi connectivity index (χ2v) is 4.29. The van der Waals surface area contributed by atoms with E-state index in [9.17, 15) is 9.59 Å². The number of likely N-dealkylation sites (N-methyl/N-ethyl adjacent to an activating group) is 1. The normalized spacial score (nSPS) is 10.6. The van der Waals surface area contributed by atoms with Crippen LogP contribution in [-0.4, -0.2) is 35.3 Å². The van der Waals surface area contributed by atoms with Crippen LogP contribution in [0.15, 0.2) is 30.5 Å². The van der Waals surface area contributed by atoms with Gasteiger partial charge in [-0.05, 0) is 31.2 Å². The topological polar surface area (TPSA) is 42.3 Å². The number of rotatable bonds is 4. The fourth-order valence-electron chi connectivity index (χ4n) is 1.87. The molecule has 4 nitrogen and oxygen atoms in total. The second-order valence-electron chi connectivity index (χ2n) is 4.29. The van der Waals surface area contributed by atoms with Gasteiger partial charge in [0.1, 0.15) is 12.8 Å². The van der Waals surface area contributed by atoms with E-state index < -0.39 is 0 Å². The highest BCUT2D eigenvalue weighted by atomic mass is 16.2. The van der Waals surface area contributed by atoms with Crippen LogP contribution in [0.25, 0.3) is 10.9 Å². The lowest BCUT2D eigenvalue weighted by Crippen LogP contribution is -2.29. The summed E-state index contributed by atoms with van der Waals surface area (Å²) in [5.41, 5.74) is 1.62. The van der Waals surface area contributed by atoms with Crippen molar-refractivity contribution >= 4 is 23.1 Å². The lowest BCUT2D eigenvalue weighted by Gasteiger charge is -2.15. The molecule has 0 unspecified atom stereocenters. The summed E-state index contributed by atoms with van der Waals surface area (Å²) in [6.07, 6.45) is 2.70. The van der Waals surface area contributed by atoms with Gasteiger partial charge in [-0.15, -0.1) is 0 Å². The molecule has 0 radical (unpaired) electrons. The molecule has 1 amide bonds. The molecule has 0 atom stereocenters. The standard InChI is InChI=1S/C14H16N2O2/c1-3-15(2)14(18)9-16-7-6-12-8-11(10-17)4-5-13(12)16/h4-8,10H,3,9H2,1-2H3. The average Bonchev–Trinajstić information content (AvgIpc) is 2.80. The van der Waals surface area contributed by atoms with E-state index in [1.807, 2.05) is 35.9 Å². The van der Waals surface area contributed by atoms with Gasteiger partial charge in [0, 0.05) is 36.3 Å². The zero-order valence-corrected chi connectivity index (χ0v) is 10.6. The van der Waals surface area contributed by atoms with Crippen LogP contribution < -0.4 is 0 Å². The number of aldehydes is 1. The van der Waals surface area contributed by atoms with Crippen molar-refractivity contribution in [1.29, 1.82) is 0 Å². The van der Waals surface area contributed by atoms with Gasteiger partial charge in [-0.25, -0.2) is 0 Å². The molecule has 0 aliphatic heterocycles. The molecular formula is C14H16N2O2. The highest BCUT2D eigenvalue weighted by molar-refractivity contribution is 5.88. The summed E-state index contributed by atoms with van der Waals surface area (Å²) in [4.78, 5) is 24.2. The highest BCUT2D eigenvalue weighted by Gasteiger charge is 2.09. The minimum atomic E-state index is 0.0782. The molecule has 0 aliphatic carbocycles. The van der Waals surface area contributed by atoms with E-state index >= 15 is 0 Å². The fraction of sp³-hybridized carbons (Fsp3) is 0.286. The second kappa shape index (κ2) is 5.04. The number of nitrogens with zero attached hydrogens (tertiary/aromatic N) is 2. The van der Waals surface area contributed by atoms with Crippen LogP contribution in [-0.2, 0) is 11.3 Å². The number of hydrogen-bond acceptors (Lipinski definition) is 2. The summed E-state index contributed by atoms with van der Waals surface area (Å²) >= 11 is 0. The molecule has 0 saturated carbocycles. The number of aromatic nitrogens is 1. The third-order valence-corrected chi connectivity index (χ3v) is 3.14.